The number of nitrogens with zero attached hydrogens (tertiary/aromatic N) is 4. The molecule has 0 amide bonds. The Morgan fingerprint density at radius 1 is 1.28 bits per heavy atom. The molecular weight excluding hydrogens is 316 g/mol. The lowest BCUT2D eigenvalue weighted by atomic mass is 10.2. The SMILES string of the molecule is CN(c1ccc(OCC2CCCO2)cc1)c1cc2c(cn1)ncn2C. The van der Waals surface area contributed by atoms with Gasteiger partial charge in [-0.15, -0.1) is 0 Å². The third-order valence-electron chi connectivity index (χ3n) is 4.62. The highest BCUT2D eigenvalue weighted by Crippen LogP contribution is 2.26. The molecule has 130 valence electrons. The molecule has 3 heterocycles. The zero-order valence-corrected chi connectivity index (χ0v) is 14.6. The standard InChI is InChI=1S/C19H22N4O2/c1-22-13-21-17-11-20-19(10-18(17)22)23(2)14-5-7-15(8-6-14)25-12-16-4-3-9-24-16/h5-8,10-11,13,16H,3-4,9,12H2,1-2H3. The van der Waals surface area contributed by atoms with Gasteiger partial charge in [0.05, 0.1) is 24.1 Å². The smallest absolute Gasteiger partial charge is 0.134 e. The number of pyridine rings is 1. The first-order valence-electron chi connectivity index (χ1n) is 8.56. The second kappa shape index (κ2) is 6.72. The van der Waals surface area contributed by atoms with Gasteiger partial charge in [-0.2, -0.15) is 0 Å². The van der Waals surface area contributed by atoms with Crippen LogP contribution in [0.4, 0.5) is 11.5 Å². The van der Waals surface area contributed by atoms with Crippen LogP contribution in [0.15, 0.2) is 42.9 Å². The second-order valence-electron chi connectivity index (χ2n) is 6.39. The van der Waals surface area contributed by atoms with Gasteiger partial charge in [-0.3, -0.25) is 0 Å². The first kappa shape index (κ1) is 15.9. The summed E-state index contributed by atoms with van der Waals surface area (Å²) in [5.41, 5.74) is 3.02. The van der Waals surface area contributed by atoms with Crippen molar-refractivity contribution in [2.45, 2.75) is 18.9 Å². The van der Waals surface area contributed by atoms with Crippen LogP contribution < -0.4 is 9.64 Å². The van der Waals surface area contributed by atoms with E-state index in [-0.39, 0.29) is 6.10 Å². The lowest BCUT2D eigenvalue weighted by Crippen LogP contribution is -2.16. The topological polar surface area (TPSA) is 52.4 Å². The third-order valence-corrected chi connectivity index (χ3v) is 4.62. The van der Waals surface area contributed by atoms with E-state index < -0.39 is 0 Å². The predicted molar refractivity (Wildman–Crippen MR) is 97.5 cm³/mol. The minimum Gasteiger partial charge on any atom is -0.491 e. The molecule has 0 saturated carbocycles. The van der Waals surface area contributed by atoms with Gasteiger partial charge in [0.2, 0.25) is 0 Å². The van der Waals surface area contributed by atoms with E-state index in [1.807, 2.05) is 49.0 Å². The summed E-state index contributed by atoms with van der Waals surface area (Å²) in [7, 11) is 3.99. The van der Waals surface area contributed by atoms with E-state index in [0.29, 0.717) is 6.61 Å². The van der Waals surface area contributed by atoms with Gasteiger partial charge >= 0.3 is 0 Å². The van der Waals surface area contributed by atoms with E-state index >= 15 is 0 Å². The number of aryl methyl sites for hydroxylation is 1. The molecule has 2 aromatic heterocycles. The fourth-order valence-corrected chi connectivity index (χ4v) is 3.07. The number of anilines is 2. The van der Waals surface area contributed by atoms with Gasteiger partial charge in [0.25, 0.3) is 0 Å². The van der Waals surface area contributed by atoms with Crippen molar-refractivity contribution in [3.05, 3.63) is 42.9 Å². The van der Waals surface area contributed by atoms with Crippen molar-refractivity contribution in [1.29, 1.82) is 0 Å². The molecule has 6 nitrogen and oxygen atoms in total. The Kier molecular flexibility index (Phi) is 4.28. The molecule has 0 radical (unpaired) electrons. The third kappa shape index (κ3) is 3.30. The van der Waals surface area contributed by atoms with Gasteiger partial charge in [-0.25, -0.2) is 9.97 Å². The van der Waals surface area contributed by atoms with Crippen molar-refractivity contribution in [1.82, 2.24) is 14.5 Å². The lowest BCUT2D eigenvalue weighted by Gasteiger charge is -2.19. The Balaban J connectivity index is 1.47. The molecule has 0 N–H and O–H groups in total. The highest BCUT2D eigenvalue weighted by atomic mass is 16.5. The summed E-state index contributed by atoms with van der Waals surface area (Å²) in [4.78, 5) is 10.9. The molecule has 3 aromatic rings. The predicted octanol–water partition coefficient (Wildman–Crippen LogP) is 3.29. The Bertz CT molecular complexity index is 853. The van der Waals surface area contributed by atoms with Crippen molar-refractivity contribution >= 4 is 22.5 Å². The van der Waals surface area contributed by atoms with Crippen LogP contribution >= 0.6 is 0 Å². The summed E-state index contributed by atoms with van der Waals surface area (Å²) >= 11 is 0. The number of benzene rings is 1. The molecule has 1 aliphatic rings. The van der Waals surface area contributed by atoms with Crippen LogP contribution in [0.2, 0.25) is 0 Å². The lowest BCUT2D eigenvalue weighted by molar-refractivity contribution is 0.0679. The molecule has 0 bridgehead atoms. The quantitative estimate of drug-likeness (QED) is 0.714. The summed E-state index contributed by atoms with van der Waals surface area (Å²) in [5.74, 6) is 1.74. The van der Waals surface area contributed by atoms with E-state index in [1.165, 1.54) is 0 Å². The number of hydrogen-bond acceptors (Lipinski definition) is 5. The van der Waals surface area contributed by atoms with E-state index in [9.17, 15) is 0 Å². The number of hydrogen-bond donors (Lipinski definition) is 0. The molecule has 1 atom stereocenters. The fraction of sp³-hybridized carbons (Fsp3) is 0.368. The average Bonchev–Trinajstić information content (AvgIpc) is 3.30. The summed E-state index contributed by atoms with van der Waals surface area (Å²) in [5, 5.41) is 0. The van der Waals surface area contributed by atoms with Gasteiger partial charge in [-0.1, -0.05) is 0 Å². The van der Waals surface area contributed by atoms with Crippen LogP contribution in [0.5, 0.6) is 5.75 Å². The number of aromatic nitrogens is 3. The molecule has 0 spiro atoms. The Morgan fingerprint density at radius 2 is 2.12 bits per heavy atom. The van der Waals surface area contributed by atoms with Crippen LogP contribution in [-0.2, 0) is 11.8 Å². The summed E-state index contributed by atoms with van der Waals surface area (Å²) in [6, 6.07) is 10.1. The van der Waals surface area contributed by atoms with Crippen LogP contribution in [-0.4, -0.2) is 40.9 Å². The molecule has 1 fully saturated rings. The van der Waals surface area contributed by atoms with Crippen molar-refractivity contribution in [3.8, 4) is 5.75 Å². The maximum absolute atomic E-state index is 5.82. The van der Waals surface area contributed by atoms with Gasteiger partial charge < -0.3 is 18.9 Å². The van der Waals surface area contributed by atoms with Gasteiger partial charge in [0, 0.05) is 32.5 Å². The van der Waals surface area contributed by atoms with Crippen LogP contribution in [0, 0.1) is 0 Å². The highest BCUT2D eigenvalue weighted by Gasteiger charge is 2.16. The number of fused-ring (bicyclic) bond motifs is 1. The Hall–Kier alpha value is -2.60. The van der Waals surface area contributed by atoms with Gasteiger partial charge in [0.15, 0.2) is 0 Å². The van der Waals surface area contributed by atoms with Crippen LogP contribution in [0.1, 0.15) is 12.8 Å². The Morgan fingerprint density at radius 3 is 2.88 bits per heavy atom. The van der Waals surface area contributed by atoms with Crippen molar-refractivity contribution < 1.29 is 9.47 Å². The first-order chi connectivity index (χ1) is 12.2. The minimum atomic E-state index is 0.233. The summed E-state index contributed by atoms with van der Waals surface area (Å²) in [6.45, 7) is 1.47. The maximum atomic E-state index is 5.82. The van der Waals surface area contributed by atoms with E-state index in [4.69, 9.17) is 9.47 Å². The average molecular weight is 338 g/mol. The minimum absolute atomic E-state index is 0.233. The van der Waals surface area contributed by atoms with Crippen molar-refractivity contribution in [2.75, 3.05) is 25.2 Å². The van der Waals surface area contributed by atoms with E-state index in [0.717, 1.165) is 47.7 Å². The molecule has 1 aliphatic heterocycles. The molecule has 4 rings (SSSR count). The van der Waals surface area contributed by atoms with Crippen LogP contribution in [0.25, 0.3) is 11.0 Å². The summed E-state index contributed by atoms with van der Waals surface area (Å²) < 4.78 is 13.4. The molecule has 1 unspecified atom stereocenters. The number of ether oxygens (including phenoxy) is 2. The fourth-order valence-electron chi connectivity index (χ4n) is 3.07. The zero-order chi connectivity index (χ0) is 17.2. The molecule has 25 heavy (non-hydrogen) atoms. The molecular formula is C19H22N4O2. The number of imidazole rings is 1. The number of rotatable bonds is 5. The van der Waals surface area contributed by atoms with Crippen molar-refractivity contribution in [3.63, 3.8) is 0 Å². The second-order valence-corrected chi connectivity index (χ2v) is 6.39. The molecule has 1 aromatic carbocycles. The normalized spacial score (nSPS) is 17.1. The summed E-state index contributed by atoms with van der Waals surface area (Å²) in [6.07, 6.45) is 6.06. The monoisotopic (exact) mass is 338 g/mol. The van der Waals surface area contributed by atoms with Gasteiger partial charge in [0.1, 0.15) is 23.7 Å². The highest BCUT2D eigenvalue weighted by molar-refractivity contribution is 5.78. The first-order valence-corrected chi connectivity index (χ1v) is 8.56. The van der Waals surface area contributed by atoms with Crippen molar-refractivity contribution in [2.24, 2.45) is 7.05 Å². The van der Waals surface area contributed by atoms with E-state index in [1.54, 1.807) is 12.5 Å². The van der Waals surface area contributed by atoms with Gasteiger partial charge in [-0.05, 0) is 37.1 Å². The Labute approximate surface area is 147 Å². The van der Waals surface area contributed by atoms with Crippen LogP contribution in [0.3, 0.4) is 0 Å². The maximum Gasteiger partial charge on any atom is 0.134 e. The van der Waals surface area contributed by atoms with E-state index in [2.05, 4.69) is 14.9 Å². The largest absolute Gasteiger partial charge is 0.491 e. The molecule has 0 aliphatic carbocycles. The molecule has 1 saturated heterocycles. The molecule has 6 heteroatoms. The zero-order valence-electron chi connectivity index (χ0n) is 14.6.